The molecule has 0 aromatic heterocycles. The van der Waals surface area contributed by atoms with Gasteiger partial charge in [-0.05, 0) is 31.6 Å². The van der Waals surface area contributed by atoms with Crippen LogP contribution >= 0.6 is 0 Å². The van der Waals surface area contributed by atoms with Gasteiger partial charge in [-0.3, -0.25) is 0 Å². The summed E-state index contributed by atoms with van der Waals surface area (Å²) < 4.78 is 5.42. The van der Waals surface area contributed by atoms with Crippen LogP contribution in [-0.4, -0.2) is 12.7 Å². The molecule has 1 aliphatic heterocycles. The Morgan fingerprint density at radius 3 is 2.35 bits per heavy atom. The summed E-state index contributed by atoms with van der Waals surface area (Å²) in [6.45, 7) is 5.58. The Labute approximate surface area is 127 Å². The second-order valence-electron chi connectivity index (χ2n) is 6.46. The Balaban J connectivity index is 2.08. The van der Waals surface area contributed by atoms with Crippen molar-refractivity contribution >= 4 is 0 Å². The van der Waals surface area contributed by atoms with Crippen LogP contribution in [0.25, 0.3) is 0 Å². The molecule has 1 aliphatic rings. The molecule has 0 aliphatic carbocycles. The largest absolute Gasteiger partial charge is 0.373 e. The molecule has 1 rings (SSSR count). The number of rotatable bonds is 14. The molecular weight excluding hydrogens is 244 g/mol. The Bertz CT molecular complexity index is 230. The lowest BCUT2D eigenvalue weighted by Gasteiger charge is -2.13. The molecule has 1 heterocycles. The van der Waals surface area contributed by atoms with E-state index < -0.39 is 0 Å². The van der Waals surface area contributed by atoms with Gasteiger partial charge in [0.2, 0.25) is 0 Å². The molecule has 2 atom stereocenters. The first-order valence-electron chi connectivity index (χ1n) is 9.13. The van der Waals surface area contributed by atoms with Crippen molar-refractivity contribution in [2.24, 2.45) is 5.92 Å². The summed E-state index contributed by atoms with van der Waals surface area (Å²) in [4.78, 5) is 0. The van der Waals surface area contributed by atoms with Crippen LogP contribution in [0.2, 0.25) is 0 Å². The summed E-state index contributed by atoms with van der Waals surface area (Å²) in [6.07, 6.45) is 21.8. The predicted molar refractivity (Wildman–Crippen MR) is 89.1 cm³/mol. The molecule has 0 aromatic carbocycles. The monoisotopic (exact) mass is 280 g/mol. The summed E-state index contributed by atoms with van der Waals surface area (Å²) in [7, 11) is 0. The van der Waals surface area contributed by atoms with Gasteiger partial charge in [0.15, 0.2) is 0 Å². The van der Waals surface area contributed by atoms with E-state index in [9.17, 15) is 0 Å². The van der Waals surface area contributed by atoms with Crippen molar-refractivity contribution in [3.8, 4) is 0 Å². The maximum Gasteiger partial charge on any atom is 0.0812 e. The summed E-state index contributed by atoms with van der Waals surface area (Å²) in [5.74, 6) is 0.867. The van der Waals surface area contributed by atoms with Gasteiger partial charge in [-0.25, -0.2) is 0 Å². The number of epoxide rings is 1. The van der Waals surface area contributed by atoms with E-state index in [2.05, 4.69) is 26.0 Å². The molecule has 1 nitrogen and oxygen atoms in total. The van der Waals surface area contributed by atoms with E-state index in [1.807, 2.05) is 0 Å². The molecule has 0 saturated carbocycles. The third-order valence-electron chi connectivity index (χ3n) is 4.32. The van der Waals surface area contributed by atoms with E-state index in [0.29, 0.717) is 6.10 Å². The van der Waals surface area contributed by atoms with Crippen molar-refractivity contribution in [1.29, 1.82) is 0 Å². The maximum absolute atomic E-state index is 5.42. The van der Waals surface area contributed by atoms with Crippen molar-refractivity contribution < 1.29 is 4.74 Å². The highest BCUT2D eigenvalue weighted by molar-refractivity contribution is 4.86. The Morgan fingerprint density at radius 2 is 1.65 bits per heavy atom. The molecule has 118 valence electrons. The third-order valence-corrected chi connectivity index (χ3v) is 4.32. The van der Waals surface area contributed by atoms with Crippen LogP contribution in [0, 0.1) is 5.92 Å². The quantitative estimate of drug-likeness (QED) is 0.207. The molecule has 0 amide bonds. The maximum atomic E-state index is 5.42. The van der Waals surface area contributed by atoms with Crippen molar-refractivity contribution in [1.82, 2.24) is 0 Å². The van der Waals surface area contributed by atoms with Gasteiger partial charge in [-0.15, -0.1) is 0 Å². The molecule has 0 spiro atoms. The molecular formula is C19H36O. The topological polar surface area (TPSA) is 12.5 Å². The zero-order chi connectivity index (χ0) is 14.5. The lowest BCUT2D eigenvalue weighted by atomic mass is 9.92. The molecule has 0 bridgehead atoms. The van der Waals surface area contributed by atoms with E-state index in [-0.39, 0.29) is 0 Å². The van der Waals surface area contributed by atoms with Crippen molar-refractivity contribution in [2.45, 2.75) is 97.0 Å². The van der Waals surface area contributed by atoms with Crippen LogP contribution in [0.4, 0.5) is 0 Å². The van der Waals surface area contributed by atoms with Gasteiger partial charge >= 0.3 is 0 Å². The van der Waals surface area contributed by atoms with Gasteiger partial charge in [0, 0.05) is 0 Å². The number of allylic oxidation sites excluding steroid dienone is 2. The van der Waals surface area contributed by atoms with Crippen LogP contribution in [0.5, 0.6) is 0 Å². The van der Waals surface area contributed by atoms with E-state index >= 15 is 0 Å². The van der Waals surface area contributed by atoms with Crippen LogP contribution in [0.3, 0.4) is 0 Å². The average molecular weight is 280 g/mol. The molecule has 0 radical (unpaired) electrons. The lowest BCUT2D eigenvalue weighted by Crippen LogP contribution is -2.03. The summed E-state index contributed by atoms with van der Waals surface area (Å²) in [6, 6.07) is 0. The van der Waals surface area contributed by atoms with E-state index in [1.54, 1.807) is 0 Å². The predicted octanol–water partition coefficient (Wildman–Crippen LogP) is 6.28. The number of hydrogen-bond acceptors (Lipinski definition) is 1. The standard InChI is InChI=1S/C19H36O/c1-3-5-7-9-11-13-15-18(16-19-17-20-19)14-12-10-8-6-4-2/h11,13,18-19H,3-10,12,14-17H2,1-2H3/b13-11-. The highest BCUT2D eigenvalue weighted by Gasteiger charge is 2.25. The first kappa shape index (κ1) is 17.8. The van der Waals surface area contributed by atoms with Gasteiger partial charge in [-0.1, -0.05) is 77.4 Å². The molecule has 2 unspecified atom stereocenters. The van der Waals surface area contributed by atoms with Crippen LogP contribution in [0.1, 0.15) is 90.9 Å². The third kappa shape index (κ3) is 10.5. The van der Waals surface area contributed by atoms with Crippen molar-refractivity contribution in [3.05, 3.63) is 12.2 Å². The number of unbranched alkanes of at least 4 members (excludes halogenated alkanes) is 7. The van der Waals surface area contributed by atoms with E-state index in [0.717, 1.165) is 12.5 Å². The minimum absolute atomic E-state index is 0.601. The SMILES string of the molecule is CCCCC/C=C\CC(CCCCCCC)CC1CO1. The Kier molecular flexibility index (Phi) is 11.0. The average Bonchev–Trinajstić information content (AvgIpc) is 3.26. The second-order valence-corrected chi connectivity index (χ2v) is 6.46. The molecule has 1 saturated heterocycles. The minimum atomic E-state index is 0.601. The van der Waals surface area contributed by atoms with Crippen LogP contribution in [-0.2, 0) is 4.74 Å². The van der Waals surface area contributed by atoms with Crippen molar-refractivity contribution in [3.63, 3.8) is 0 Å². The number of ether oxygens (including phenoxy) is 1. The zero-order valence-corrected chi connectivity index (χ0v) is 13.9. The fourth-order valence-corrected chi connectivity index (χ4v) is 2.86. The van der Waals surface area contributed by atoms with Gasteiger partial charge in [0.25, 0.3) is 0 Å². The number of hydrogen-bond donors (Lipinski definition) is 0. The molecule has 1 fully saturated rings. The normalized spacial score (nSPS) is 19.6. The smallest absolute Gasteiger partial charge is 0.0812 e. The lowest BCUT2D eigenvalue weighted by molar-refractivity contribution is 0.336. The first-order chi connectivity index (χ1) is 9.86. The summed E-state index contributed by atoms with van der Waals surface area (Å²) in [5, 5.41) is 0. The van der Waals surface area contributed by atoms with Crippen molar-refractivity contribution in [2.75, 3.05) is 6.61 Å². The van der Waals surface area contributed by atoms with E-state index in [1.165, 1.54) is 77.0 Å². The molecule has 1 heteroatoms. The second kappa shape index (κ2) is 12.4. The van der Waals surface area contributed by atoms with Crippen LogP contribution in [0.15, 0.2) is 12.2 Å². The highest BCUT2D eigenvalue weighted by atomic mass is 16.6. The zero-order valence-electron chi connectivity index (χ0n) is 13.9. The summed E-state index contributed by atoms with van der Waals surface area (Å²) in [5.41, 5.74) is 0. The van der Waals surface area contributed by atoms with Gasteiger partial charge in [0.05, 0.1) is 12.7 Å². The fraction of sp³-hybridized carbons (Fsp3) is 0.895. The fourth-order valence-electron chi connectivity index (χ4n) is 2.86. The molecule has 0 N–H and O–H groups in total. The molecule has 20 heavy (non-hydrogen) atoms. The van der Waals surface area contributed by atoms with Crippen LogP contribution < -0.4 is 0 Å². The summed E-state index contributed by atoms with van der Waals surface area (Å²) >= 11 is 0. The van der Waals surface area contributed by atoms with E-state index in [4.69, 9.17) is 4.74 Å². The van der Waals surface area contributed by atoms with Gasteiger partial charge < -0.3 is 4.74 Å². The van der Waals surface area contributed by atoms with Gasteiger partial charge in [-0.2, -0.15) is 0 Å². The molecule has 0 aromatic rings. The minimum Gasteiger partial charge on any atom is -0.373 e. The Morgan fingerprint density at radius 1 is 0.950 bits per heavy atom. The Hall–Kier alpha value is -0.300. The highest BCUT2D eigenvalue weighted by Crippen LogP contribution is 2.26. The first-order valence-corrected chi connectivity index (χ1v) is 9.13. The van der Waals surface area contributed by atoms with Gasteiger partial charge in [0.1, 0.15) is 0 Å².